The third kappa shape index (κ3) is 4.41. The van der Waals surface area contributed by atoms with E-state index in [1.165, 1.54) is 0 Å². The Balaban J connectivity index is 2.02. The van der Waals surface area contributed by atoms with Crippen molar-refractivity contribution in [3.63, 3.8) is 0 Å². The molecular formula is C16H19ClN2O2. The molecule has 5 heteroatoms. The lowest BCUT2D eigenvalue weighted by atomic mass is 10.1. The largest absolute Gasteiger partial charge is 0.379 e. The fourth-order valence-corrected chi connectivity index (χ4v) is 2.18. The zero-order chi connectivity index (χ0) is 15.2. The second kappa shape index (κ2) is 7.38. The number of nitrogens with zero attached hydrogens (tertiary/aromatic N) is 1. The number of carbonyl (C=O) groups excluding carboxylic acids is 1. The molecule has 2 aromatic rings. The maximum absolute atomic E-state index is 12.3. The number of fused-ring (bicyclic) bond motifs is 1. The van der Waals surface area contributed by atoms with Gasteiger partial charge in [-0.2, -0.15) is 0 Å². The van der Waals surface area contributed by atoms with Gasteiger partial charge in [0.25, 0.3) is 5.91 Å². The van der Waals surface area contributed by atoms with E-state index in [0.29, 0.717) is 41.9 Å². The summed E-state index contributed by atoms with van der Waals surface area (Å²) in [6, 6.07) is 9.04. The van der Waals surface area contributed by atoms with E-state index in [1.54, 1.807) is 6.07 Å². The van der Waals surface area contributed by atoms with Crippen LogP contribution in [0.3, 0.4) is 0 Å². The Morgan fingerprint density at radius 3 is 2.90 bits per heavy atom. The summed E-state index contributed by atoms with van der Waals surface area (Å²) in [6.07, 6.45) is 0. The molecule has 21 heavy (non-hydrogen) atoms. The molecule has 0 spiro atoms. The predicted molar refractivity (Wildman–Crippen MR) is 84.7 cm³/mol. The van der Waals surface area contributed by atoms with Gasteiger partial charge in [0, 0.05) is 18.5 Å². The Kier molecular flexibility index (Phi) is 5.53. The average Bonchev–Trinajstić information content (AvgIpc) is 2.45. The Morgan fingerprint density at radius 2 is 2.14 bits per heavy atom. The molecule has 0 aliphatic rings. The van der Waals surface area contributed by atoms with E-state index in [1.807, 2.05) is 24.3 Å². The number of ether oxygens (including phenoxy) is 1. The van der Waals surface area contributed by atoms with Gasteiger partial charge in [-0.3, -0.25) is 4.79 Å². The fourth-order valence-electron chi connectivity index (χ4n) is 1.98. The molecular weight excluding hydrogens is 288 g/mol. The fraction of sp³-hybridized carbons (Fsp3) is 0.375. The topological polar surface area (TPSA) is 51.2 Å². The molecule has 0 aliphatic carbocycles. The highest BCUT2D eigenvalue weighted by Gasteiger charge is 2.11. The van der Waals surface area contributed by atoms with Crippen molar-refractivity contribution in [1.82, 2.24) is 10.3 Å². The number of para-hydroxylation sites is 1. The zero-order valence-corrected chi connectivity index (χ0v) is 13.0. The van der Waals surface area contributed by atoms with Crippen molar-refractivity contribution < 1.29 is 9.53 Å². The van der Waals surface area contributed by atoms with E-state index < -0.39 is 0 Å². The number of pyridine rings is 1. The van der Waals surface area contributed by atoms with Crippen LogP contribution in [0.2, 0.25) is 5.15 Å². The van der Waals surface area contributed by atoms with Crippen molar-refractivity contribution in [1.29, 1.82) is 0 Å². The Labute approximate surface area is 129 Å². The van der Waals surface area contributed by atoms with Crippen LogP contribution < -0.4 is 5.32 Å². The van der Waals surface area contributed by atoms with Crippen LogP contribution in [0.15, 0.2) is 30.3 Å². The molecule has 0 saturated heterocycles. The molecule has 4 nitrogen and oxygen atoms in total. The molecule has 1 aromatic carbocycles. The van der Waals surface area contributed by atoms with E-state index in [2.05, 4.69) is 24.1 Å². The normalized spacial score (nSPS) is 11.0. The molecule has 0 bridgehead atoms. The number of carbonyl (C=O) groups is 1. The summed E-state index contributed by atoms with van der Waals surface area (Å²) < 4.78 is 5.44. The lowest BCUT2D eigenvalue weighted by molar-refractivity contribution is 0.0887. The van der Waals surface area contributed by atoms with E-state index in [0.717, 1.165) is 5.39 Å². The highest BCUT2D eigenvalue weighted by atomic mass is 35.5. The van der Waals surface area contributed by atoms with Gasteiger partial charge in [-0.05, 0) is 18.1 Å². The Hall–Kier alpha value is -1.65. The van der Waals surface area contributed by atoms with Crippen LogP contribution in [-0.4, -0.2) is 30.6 Å². The summed E-state index contributed by atoms with van der Waals surface area (Å²) in [7, 11) is 0. The van der Waals surface area contributed by atoms with Crippen molar-refractivity contribution in [2.75, 3.05) is 19.8 Å². The van der Waals surface area contributed by atoms with Gasteiger partial charge in [0.15, 0.2) is 0 Å². The minimum Gasteiger partial charge on any atom is -0.379 e. The number of amides is 1. The molecule has 0 radical (unpaired) electrons. The summed E-state index contributed by atoms with van der Waals surface area (Å²) in [6.45, 7) is 5.84. The highest BCUT2D eigenvalue weighted by Crippen LogP contribution is 2.20. The lowest BCUT2D eigenvalue weighted by Gasteiger charge is -2.10. The molecule has 1 heterocycles. The molecule has 0 saturated carbocycles. The number of nitrogens with one attached hydrogen (secondary N) is 1. The average molecular weight is 307 g/mol. The molecule has 0 fully saturated rings. The third-order valence-corrected chi connectivity index (χ3v) is 3.11. The first-order valence-electron chi connectivity index (χ1n) is 6.99. The van der Waals surface area contributed by atoms with Crippen molar-refractivity contribution in [3.05, 3.63) is 41.0 Å². The van der Waals surface area contributed by atoms with Crippen LogP contribution in [0.4, 0.5) is 0 Å². The van der Waals surface area contributed by atoms with Crippen molar-refractivity contribution in [3.8, 4) is 0 Å². The quantitative estimate of drug-likeness (QED) is 0.658. The molecule has 1 amide bonds. The lowest BCUT2D eigenvalue weighted by Crippen LogP contribution is -2.28. The predicted octanol–water partition coefficient (Wildman–Crippen LogP) is 3.29. The highest BCUT2D eigenvalue weighted by molar-refractivity contribution is 6.30. The van der Waals surface area contributed by atoms with Crippen LogP contribution in [0, 0.1) is 5.92 Å². The van der Waals surface area contributed by atoms with Gasteiger partial charge < -0.3 is 10.1 Å². The van der Waals surface area contributed by atoms with Gasteiger partial charge in [-0.15, -0.1) is 0 Å². The summed E-state index contributed by atoms with van der Waals surface area (Å²) in [5.74, 6) is 0.326. The van der Waals surface area contributed by atoms with Crippen molar-refractivity contribution in [2.24, 2.45) is 5.92 Å². The van der Waals surface area contributed by atoms with Gasteiger partial charge >= 0.3 is 0 Å². The van der Waals surface area contributed by atoms with Crippen LogP contribution in [0.5, 0.6) is 0 Å². The first kappa shape index (κ1) is 15.7. The van der Waals surface area contributed by atoms with Gasteiger partial charge in [0.2, 0.25) is 0 Å². The summed E-state index contributed by atoms with van der Waals surface area (Å²) in [5, 5.41) is 3.95. The van der Waals surface area contributed by atoms with E-state index >= 15 is 0 Å². The second-order valence-corrected chi connectivity index (χ2v) is 5.62. The molecule has 0 atom stereocenters. The zero-order valence-electron chi connectivity index (χ0n) is 12.2. The molecule has 0 unspecified atom stereocenters. The SMILES string of the molecule is CC(C)COCCNC(=O)c1cc(Cl)nc2ccccc12. The van der Waals surface area contributed by atoms with Gasteiger partial charge in [0.1, 0.15) is 5.15 Å². The standard InChI is InChI=1S/C16H19ClN2O2/c1-11(2)10-21-8-7-18-16(20)13-9-15(17)19-14-6-4-3-5-12(13)14/h3-6,9,11H,7-8,10H2,1-2H3,(H,18,20). The summed E-state index contributed by atoms with van der Waals surface area (Å²) in [4.78, 5) is 16.5. The number of benzene rings is 1. The minimum absolute atomic E-state index is 0.163. The van der Waals surface area contributed by atoms with Crippen LogP contribution >= 0.6 is 11.6 Å². The van der Waals surface area contributed by atoms with Gasteiger partial charge in [-0.1, -0.05) is 43.6 Å². The first-order valence-corrected chi connectivity index (χ1v) is 7.37. The Morgan fingerprint density at radius 1 is 1.38 bits per heavy atom. The molecule has 1 N–H and O–H groups in total. The molecule has 112 valence electrons. The van der Waals surface area contributed by atoms with E-state index in [-0.39, 0.29) is 5.91 Å². The smallest absolute Gasteiger partial charge is 0.252 e. The second-order valence-electron chi connectivity index (χ2n) is 5.23. The molecule has 1 aromatic heterocycles. The minimum atomic E-state index is -0.163. The van der Waals surface area contributed by atoms with Crippen LogP contribution in [-0.2, 0) is 4.74 Å². The molecule has 2 rings (SSSR count). The van der Waals surface area contributed by atoms with Crippen LogP contribution in [0.1, 0.15) is 24.2 Å². The maximum Gasteiger partial charge on any atom is 0.252 e. The first-order chi connectivity index (χ1) is 10.1. The monoisotopic (exact) mass is 306 g/mol. The summed E-state index contributed by atoms with van der Waals surface area (Å²) in [5.41, 5.74) is 1.25. The van der Waals surface area contributed by atoms with E-state index in [4.69, 9.17) is 16.3 Å². The maximum atomic E-state index is 12.3. The number of rotatable bonds is 6. The number of halogens is 1. The molecule has 0 aliphatic heterocycles. The van der Waals surface area contributed by atoms with Crippen LogP contribution in [0.25, 0.3) is 10.9 Å². The van der Waals surface area contributed by atoms with Gasteiger partial charge in [-0.25, -0.2) is 4.98 Å². The van der Waals surface area contributed by atoms with Crippen molar-refractivity contribution >= 4 is 28.4 Å². The number of aromatic nitrogens is 1. The number of hydrogen-bond acceptors (Lipinski definition) is 3. The third-order valence-electron chi connectivity index (χ3n) is 2.91. The number of hydrogen-bond donors (Lipinski definition) is 1. The Bertz CT molecular complexity index is 629. The van der Waals surface area contributed by atoms with Crippen molar-refractivity contribution in [2.45, 2.75) is 13.8 Å². The van der Waals surface area contributed by atoms with E-state index in [9.17, 15) is 4.79 Å². The van der Waals surface area contributed by atoms with Gasteiger partial charge in [0.05, 0.1) is 17.7 Å². The summed E-state index contributed by atoms with van der Waals surface area (Å²) >= 11 is 5.97.